The van der Waals surface area contributed by atoms with Crippen LogP contribution in [0.2, 0.25) is 0 Å². The number of nitriles is 1. The summed E-state index contributed by atoms with van der Waals surface area (Å²) < 4.78 is 35.3. The molecule has 2 aliphatic rings. The number of hydrogen-bond donors (Lipinski definition) is 1. The van der Waals surface area contributed by atoms with E-state index in [9.17, 15) is 13.7 Å². The summed E-state index contributed by atoms with van der Waals surface area (Å²) in [5, 5.41) is 9.38. The Hall–Kier alpha value is -1.43. The summed E-state index contributed by atoms with van der Waals surface area (Å²) >= 11 is 0. The van der Waals surface area contributed by atoms with Crippen LogP contribution in [-0.2, 0) is 21.8 Å². The lowest BCUT2D eigenvalue weighted by Gasteiger charge is -2.22. The molecule has 3 rings (SSSR count). The van der Waals surface area contributed by atoms with Crippen molar-refractivity contribution in [1.82, 2.24) is 14.3 Å². The Kier molecular flexibility index (Phi) is 4.95. The van der Waals surface area contributed by atoms with Gasteiger partial charge in [0.1, 0.15) is 11.9 Å². The molecular weight excluding hydrogens is 328 g/mol. The third-order valence-corrected chi connectivity index (χ3v) is 6.70. The molecule has 0 radical (unpaired) electrons. The van der Waals surface area contributed by atoms with Gasteiger partial charge < -0.3 is 9.30 Å². The highest BCUT2D eigenvalue weighted by molar-refractivity contribution is 7.89. The zero-order valence-corrected chi connectivity index (χ0v) is 14.8. The first-order chi connectivity index (χ1) is 11.4. The van der Waals surface area contributed by atoms with E-state index >= 15 is 0 Å². The molecule has 2 atom stereocenters. The van der Waals surface area contributed by atoms with Gasteiger partial charge in [-0.1, -0.05) is 12.8 Å². The average Bonchev–Trinajstić information content (AvgIpc) is 3.25. The van der Waals surface area contributed by atoms with Gasteiger partial charge in [-0.25, -0.2) is 18.1 Å². The van der Waals surface area contributed by atoms with E-state index in [-0.39, 0.29) is 17.8 Å². The summed E-state index contributed by atoms with van der Waals surface area (Å²) in [4.78, 5) is 4.32. The highest BCUT2D eigenvalue weighted by Crippen LogP contribution is 2.38. The lowest BCUT2D eigenvalue weighted by Crippen LogP contribution is -2.37. The van der Waals surface area contributed by atoms with Crippen LogP contribution < -0.4 is 4.72 Å². The topological polar surface area (TPSA) is 97.0 Å². The summed E-state index contributed by atoms with van der Waals surface area (Å²) in [6, 6.07) is 2.24. The molecule has 0 spiro atoms. The normalized spacial score (nSPS) is 26.5. The first-order valence-electron chi connectivity index (χ1n) is 8.42. The summed E-state index contributed by atoms with van der Waals surface area (Å²) in [6.45, 7) is 0.924. The van der Waals surface area contributed by atoms with Gasteiger partial charge in [-0.3, -0.25) is 0 Å². The Morgan fingerprint density at radius 2 is 2.25 bits per heavy atom. The van der Waals surface area contributed by atoms with E-state index in [0.29, 0.717) is 26.0 Å². The quantitative estimate of drug-likeness (QED) is 0.837. The van der Waals surface area contributed by atoms with E-state index in [0.717, 1.165) is 25.1 Å². The highest BCUT2D eigenvalue weighted by Gasteiger charge is 2.39. The number of nitrogens with one attached hydrogen (secondary N) is 1. The fraction of sp³-hybridized carbons (Fsp3) is 0.750. The molecule has 1 aromatic rings. The Morgan fingerprint density at radius 3 is 2.88 bits per heavy atom. The number of imidazole rings is 1. The number of rotatable bonds is 6. The number of aromatic nitrogens is 2. The molecule has 0 unspecified atom stereocenters. The molecular formula is C16H24N4O3S. The monoisotopic (exact) mass is 352 g/mol. The fourth-order valence-corrected chi connectivity index (χ4v) is 5.42. The second kappa shape index (κ2) is 6.82. The SMILES string of the molecule is Cn1ccnc1[C@@H]1OCC[C@H]1CNS(=O)(=O)CC1(C#N)CCCC1. The van der Waals surface area contributed by atoms with Crippen molar-refractivity contribution < 1.29 is 13.2 Å². The largest absolute Gasteiger partial charge is 0.370 e. The molecule has 1 saturated carbocycles. The molecule has 0 amide bonds. The van der Waals surface area contributed by atoms with Crippen LogP contribution in [-0.4, -0.2) is 36.9 Å². The number of sulfonamides is 1. The third-order valence-electron chi connectivity index (χ3n) is 5.16. The minimum atomic E-state index is -3.48. The molecule has 1 aliphatic carbocycles. The van der Waals surface area contributed by atoms with Crippen molar-refractivity contribution in [1.29, 1.82) is 5.26 Å². The molecule has 0 aromatic carbocycles. The van der Waals surface area contributed by atoms with Gasteiger partial charge >= 0.3 is 0 Å². The first kappa shape index (κ1) is 17.4. The van der Waals surface area contributed by atoms with Crippen molar-refractivity contribution in [2.75, 3.05) is 18.9 Å². The maximum absolute atomic E-state index is 12.4. The minimum absolute atomic E-state index is 0.0579. The van der Waals surface area contributed by atoms with Gasteiger partial charge in [0.15, 0.2) is 0 Å². The van der Waals surface area contributed by atoms with E-state index in [2.05, 4.69) is 15.8 Å². The second-order valence-corrected chi connectivity index (χ2v) is 8.75. The maximum atomic E-state index is 12.4. The molecule has 1 saturated heterocycles. The van der Waals surface area contributed by atoms with E-state index in [1.165, 1.54) is 0 Å². The molecule has 2 fully saturated rings. The second-order valence-electron chi connectivity index (χ2n) is 6.94. The molecule has 7 nitrogen and oxygen atoms in total. The lowest BCUT2D eigenvalue weighted by molar-refractivity contribution is 0.0823. The van der Waals surface area contributed by atoms with E-state index in [4.69, 9.17) is 4.74 Å². The Labute approximate surface area is 143 Å². The fourth-order valence-electron chi connectivity index (χ4n) is 3.77. The van der Waals surface area contributed by atoms with Crippen molar-refractivity contribution >= 4 is 10.0 Å². The molecule has 2 heterocycles. The molecule has 8 heteroatoms. The number of ether oxygens (including phenoxy) is 1. The Morgan fingerprint density at radius 1 is 1.50 bits per heavy atom. The van der Waals surface area contributed by atoms with Crippen LogP contribution in [0.1, 0.15) is 44.0 Å². The molecule has 0 bridgehead atoms. The molecule has 1 aliphatic heterocycles. The van der Waals surface area contributed by atoms with Gasteiger partial charge in [-0.05, 0) is 19.3 Å². The van der Waals surface area contributed by atoms with Crippen LogP contribution in [0, 0.1) is 22.7 Å². The van der Waals surface area contributed by atoms with Gasteiger partial charge in [0.05, 0.1) is 17.2 Å². The average molecular weight is 352 g/mol. The van der Waals surface area contributed by atoms with Crippen LogP contribution >= 0.6 is 0 Å². The Bertz CT molecular complexity index is 716. The first-order valence-corrected chi connectivity index (χ1v) is 10.1. The summed E-state index contributed by atoms with van der Waals surface area (Å²) in [7, 11) is -1.58. The van der Waals surface area contributed by atoms with Gasteiger partial charge in [-0.2, -0.15) is 5.26 Å². The van der Waals surface area contributed by atoms with Crippen LogP contribution in [0.4, 0.5) is 0 Å². The van der Waals surface area contributed by atoms with Crippen molar-refractivity contribution in [2.24, 2.45) is 18.4 Å². The van der Waals surface area contributed by atoms with Gasteiger partial charge in [0.25, 0.3) is 0 Å². The zero-order chi connectivity index (χ0) is 17.2. The van der Waals surface area contributed by atoms with Crippen molar-refractivity contribution in [2.45, 2.75) is 38.2 Å². The number of hydrogen-bond acceptors (Lipinski definition) is 5. The van der Waals surface area contributed by atoms with Crippen LogP contribution in [0.3, 0.4) is 0 Å². The predicted octanol–water partition coefficient (Wildman–Crippen LogP) is 1.50. The van der Waals surface area contributed by atoms with Crippen molar-refractivity contribution in [3.63, 3.8) is 0 Å². The summed E-state index contributed by atoms with van der Waals surface area (Å²) in [5.74, 6) is 0.778. The number of nitrogens with zero attached hydrogens (tertiary/aromatic N) is 3. The lowest BCUT2D eigenvalue weighted by atomic mass is 9.91. The van der Waals surface area contributed by atoms with Crippen LogP contribution in [0.5, 0.6) is 0 Å². The summed E-state index contributed by atoms with van der Waals surface area (Å²) in [6.07, 6.45) is 7.39. The standard InChI is InChI=1S/C16H24N4O3S/c1-20-8-7-18-15(20)14-13(4-9-23-14)10-19-24(21,22)12-16(11-17)5-2-3-6-16/h7-8,13-14,19H,2-6,9-10,12H2,1H3/t13-,14+/m0/s1. The predicted molar refractivity (Wildman–Crippen MR) is 88.3 cm³/mol. The Balaban J connectivity index is 1.62. The minimum Gasteiger partial charge on any atom is -0.370 e. The summed E-state index contributed by atoms with van der Waals surface area (Å²) in [5.41, 5.74) is -0.711. The molecule has 24 heavy (non-hydrogen) atoms. The van der Waals surface area contributed by atoms with Gasteiger partial charge in [-0.15, -0.1) is 0 Å². The molecule has 1 aromatic heterocycles. The highest BCUT2D eigenvalue weighted by atomic mass is 32.2. The van der Waals surface area contributed by atoms with Gasteiger partial charge in [0.2, 0.25) is 10.0 Å². The smallest absolute Gasteiger partial charge is 0.213 e. The van der Waals surface area contributed by atoms with E-state index in [1.54, 1.807) is 6.20 Å². The van der Waals surface area contributed by atoms with Gasteiger partial charge in [0, 0.05) is 38.5 Å². The number of aryl methyl sites for hydroxylation is 1. The maximum Gasteiger partial charge on any atom is 0.213 e. The van der Waals surface area contributed by atoms with Crippen LogP contribution in [0.15, 0.2) is 12.4 Å². The molecule has 1 N–H and O–H groups in total. The van der Waals surface area contributed by atoms with E-state index < -0.39 is 15.4 Å². The molecule has 132 valence electrons. The van der Waals surface area contributed by atoms with Crippen LogP contribution in [0.25, 0.3) is 0 Å². The third kappa shape index (κ3) is 3.63. The van der Waals surface area contributed by atoms with E-state index in [1.807, 2.05) is 17.8 Å². The van der Waals surface area contributed by atoms with Crippen molar-refractivity contribution in [3.05, 3.63) is 18.2 Å². The van der Waals surface area contributed by atoms with Crippen molar-refractivity contribution in [3.8, 4) is 6.07 Å². The zero-order valence-electron chi connectivity index (χ0n) is 13.9.